The minimum atomic E-state index is 0.392. The number of hydrogen-bond donors (Lipinski definition) is 1. The molecule has 2 aromatic rings. The van der Waals surface area contributed by atoms with Gasteiger partial charge >= 0.3 is 0 Å². The van der Waals surface area contributed by atoms with Gasteiger partial charge in [0.25, 0.3) is 0 Å². The van der Waals surface area contributed by atoms with Crippen molar-refractivity contribution in [3.8, 4) is 0 Å². The normalized spacial score (nSPS) is 12.6. The maximum absolute atomic E-state index is 6.33. The molecule has 1 N–H and O–H groups in total. The number of hydrogen-bond acceptors (Lipinski definition) is 1. The zero-order valence-corrected chi connectivity index (χ0v) is 14.8. The molecule has 1 atom stereocenters. The minimum Gasteiger partial charge on any atom is -0.314 e. The maximum atomic E-state index is 6.33. The van der Waals surface area contributed by atoms with Crippen LogP contribution in [-0.4, -0.2) is 12.6 Å². The van der Waals surface area contributed by atoms with Gasteiger partial charge in [-0.1, -0.05) is 77.8 Å². The number of nitrogens with one attached hydrogen (secondary N) is 1. The smallest absolute Gasteiger partial charge is 0.0438 e. The summed E-state index contributed by atoms with van der Waals surface area (Å²) in [5.41, 5.74) is 2.52. The topological polar surface area (TPSA) is 12.0 Å². The first-order valence-corrected chi connectivity index (χ1v) is 8.46. The van der Waals surface area contributed by atoms with E-state index in [2.05, 4.69) is 65.4 Å². The van der Waals surface area contributed by atoms with Gasteiger partial charge in [-0.25, -0.2) is 0 Å². The van der Waals surface area contributed by atoms with Crippen molar-refractivity contribution < 1.29 is 0 Å². The lowest BCUT2D eigenvalue weighted by atomic mass is 9.91. The van der Waals surface area contributed by atoms with E-state index in [0.717, 1.165) is 22.5 Å². The lowest BCUT2D eigenvalue weighted by Gasteiger charge is -2.21. The fourth-order valence-corrected chi connectivity index (χ4v) is 3.23. The average molecular weight is 367 g/mol. The average Bonchev–Trinajstić information content (AvgIpc) is 2.46. The summed E-state index contributed by atoms with van der Waals surface area (Å²) in [6.45, 7) is 5.28. The van der Waals surface area contributed by atoms with Crippen LogP contribution in [0.25, 0.3) is 0 Å². The number of rotatable bonds is 6. The number of halogens is 2. The van der Waals surface area contributed by atoms with Gasteiger partial charge in [0.1, 0.15) is 0 Å². The summed E-state index contributed by atoms with van der Waals surface area (Å²) in [5, 5.41) is 4.39. The lowest BCUT2D eigenvalue weighted by Crippen LogP contribution is -2.29. The molecule has 3 heteroatoms. The monoisotopic (exact) mass is 365 g/mol. The van der Waals surface area contributed by atoms with Crippen LogP contribution in [0.2, 0.25) is 5.02 Å². The Balaban J connectivity index is 2.24. The molecule has 0 aromatic heterocycles. The van der Waals surface area contributed by atoms with Crippen molar-refractivity contribution in [2.24, 2.45) is 0 Å². The SMILES string of the molecule is CC(C)NCC(Cc1ccccc1Cl)c1ccccc1Br. The van der Waals surface area contributed by atoms with Gasteiger partial charge in [0.2, 0.25) is 0 Å². The predicted molar refractivity (Wildman–Crippen MR) is 95.2 cm³/mol. The molecular weight excluding hydrogens is 346 g/mol. The van der Waals surface area contributed by atoms with Crippen LogP contribution in [0.15, 0.2) is 53.0 Å². The maximum Gasteiger partial charge on any atom is 0.0438 e. The molecule has 0 aliphatic heterocycles. The molecular formula is C18H21BrClN. The first kappa shape index (κ1) is 16.5. The van der Waals surface area contributed by atoms with Gasteiger partial charge in [-0.2, -0.15) is 0 Å². The zero-order valence-electron chi connectivity index (χ0n) is 12.4. The summed E-state index contributed by atoms with van der Waals surface area (Å²) in [6.07, 6.45) is 0.933. The quantitative estimate of drug-likeness (QED) is 0.719. The van der Waals surface area contributed by atoms with Gasteiger partial charge in [-0.05, 0) is 29.7 Å². The molecule has 2 aromatic carbocycles. The molecule has 1 nitrogen and oxygen atoms in total. The van der Waals surface area contributed by atoms with Gasteiger partial charge in [0, 0.05) is 28.0 Å². The summed E-state index contributed by atoms with van der Waals surface area (Å²) in [7, 11) is 0. The molecule has 0 radical (unpaired) electrons. The molecule has 0 amide bonds. The summed E-state index contributed by atoms with van der Waals surface area (Å²) < 4.78 is 1.16. The van der Waals surface area contributed by atoms with Gasteiger partial charge in [-0.3, -0.25) is 0 Å². The van der Waals surface area contributed by atoms with E-state index in [1.54, 1.807) is 0 Å². The second kappa shape index (κ2) is 7.98. The van der Waals surface area contributed by atoms with Crippen LogP contribution in [-0.2, 0) is 6.42 Å². The molecule has 0 bridgehead atoms. The Kier molecular flexibility index (Phi) is 6.28. The van der Waals surface area contributed by atoms with E-state index in [1.165, 1.54) is 11.1 Å². The Bertz CT molecular complexity index is 583. The molecule has 1 unspecified atom stereocenters. The third-order valence-corrected chi connectivity index (χ3v) is 4.63. The summed E-state index contributed by atoms with van der Waals surface area (Å²) in [6, 6.07) is 17.0. The van der Waals surface area contributed by atoms with E-state index in [-0.39, 0.29) is 0 Å². The molecule has 0 saturated heterocycles. The van der Waals surface area contributed by atoms with Crippen molar-refractivity contribution in [1.82, 2.24) is 5.32 Å². The Hall–Kier alpha value is -0.830. The van der Waals surface area contributed by atoms with Crippen molar-refractivity contribution >= 4 is 27.5 Å². The molecule has 0 aliphatic carbocycles. The van der Waals surface area contributed by atoms with Crippen LogP contribution in [0.5, 0.6) is 0 Å². The Labute approximate surface area is 140 Å². The molecule has 0 heterocycles. The van der Waals surface area contributed by atoms with Gasteiger partial charge in [-0.15, -0.1) is 0 Å². The Morgan fingerprint density at radius 2 is 1.71 bits per heavy atom. The predicted octanol–water partition coefficient (Wildman–Crippen LogP) is 5.43. The number of benzene rings is 2. The molecule has 0 fully saturated rings. The highest BCUT2D eigenvalue weighted by Crippen LogP contribution is 2.29. The van der Waals surface area contributed by atoms with Gasteiger partial charge in [0.15, 0.2) is 0 Å². The van der Waals surface area contributed by atoms with Crippen LogP contribution in [0.4, 0.5) is 0 Å². The molecule has 0 aliphatic rings. The van der Waals surface area contributed by atoms with Crippen LogP contribution >= 0.6 is 27.5 Å². The van der Waals surface area contributed by atoms with Crippen molar-refractivity contribution in [3.63, 3.8) is 0 Å². The second-order valence-corrected chi connectivity index (χ2v) is 6.84. The van der Waals surface area contributed by atoms with Crippen LogP contribution < -0.4 is 5.32 Å². The Morgan fingerprint density at radius 3 is 2.38 bits per heavy atom. The lowest BCUT2D eigenvalue weighted by molar-refractivity contribution is 0.526. The van der Waals surface area contributed by atoms with Crippen LogP contribution in [0, 0.1) is 0 Å². The molecule has 0 spiro atoms. The third-order valence-electron chi connectivity index (χ3n) is 3.54. The van der Waals surface area contributed by atoms with Crippen molar-refractivity contribution in [3.05, 3.63) is 69.2 Å². The van der Waals surface area contributed by atoms with Gasteiger partial charge in [0.05, 0.1) is 0 Å². The van der Waals surface area contributed by atoms with Crippen LogP contribution in [0.1, 0.15) is 30.9 Å². The van der Waals surface area contributed by atoms with E-state index in [1.807, 2.05) is 18.2 Å². The fraction of sp³-hybridized carbons (Fsp3) is 0.333. The first-order valence-electron chi connectivity index (χ1n) is 7.29. The highest BCUT2D eigenvalue weighted by Gasteiger charge is 2.16. The standard InChI is InChI=1S/C18H21BrClN/c1-13(2)21-12-15(16-8-4-5-9-17(16)19)11-14-7-3-6-10-18(14)20/h3-10,13,15,21H,11-12H2,1-2H3. The largest absolute Gasteiger partial charge is 0.314 e. The van der Waals surface area contributed by atoms with E-state index in [0.29, 0.717) is 12.0 Å². The van der Waals surface area contributed by atoms with Gasteiger partial charge < -0.3 is 5.32 Å². The van der Waals surface area contributed by atoms with E-state index >= 15 is 0 Å². The highest BCUT2D eigenvalue weighted by atomic mass is 79.9. The molecule has 112 valence electrons. The van der Waals surface area contributed by atoms with Crippen molar-refractivity contribution in [2.75, 3.05) is 6.54 Å². The minimum absolute atomic E-state index is 0.392. The Morgan fingerprint density at radius 1 is 1.05 bits per heavy atom. The summed E-state index contributed by atoms with van der Waals surface area (Å²) in [5.74, 6) is 0.392. The summed E-state index contributed by atoms with van der Waals surface area (Å²) in [4.78, 5) is 0. The first-order chi connectivity index (χ1) is 10.1. The molecule has 0 saturated carbocycles. The fourth-order valence-electron chi connectivity index (χ4n) is 2.41. The summed E-state index contributed by atoms with van der Waals surface area (Å²) >= 11 is 10.0. The second-order valence-electron chi connectivity index (χ2n) is 5.58. The van der Waals surface area contributed by atoms with Crippen LogP contribution in [0.3, 0.4) is 0 Å². The third kappa shape index (κ3) is 4.84. The van der Waals surface area contributed by atoms with E-state index in [4.69, 9.17) is 11.6 Å². The zero-order chi connectivity index (χ0) is 15.2. The molecule has 21 heavy (non-hydrogen) atoms. The van der Waals surface area contributed by atoms with Crippen molar-refractivity contribution in [1.29, 1.82) is 0 Å². The molecule has 2 rings (SSSR count). The van der Waals surface area contributed by atoms with Crippen molar-refractivity contribution in [2.45, 2.75) is 32.2 Å². The highest BCUT2D eigenvalue weighted by molar-refractivity contribution is 9.10. The van der Waals surface area contributed by atoms with E-state index < -0.39 is 0 Å². The van der Waals surface area contributed by atoms with E-state index in [9.17, 15) is 0 Å².